The fourth-order valence-corrected chi connectivity index (χ4v) is 4.00. The highest BCUT2D eigenvalue weighted by Crippen LogP contribution is 2.26. The number of fused-ring (bicyclic) bond motifs is 1. The molecule has 0 aliphatic carbocycles. The Morgan fingerprint density at radius 3 is 2.41 bits per heavy atom. The number of aromatic nitrogens is 3. The predicted octanol–water partition coefficient (Wildman–Crippen LogP) is 5.93. The molecule has 2 aromatic heterocycles. The van der Waals surface area contributed by atoms with Crippen LogP contribution in [0.15, 0.2) is 59.4 Å². The molecule has 34 heavy (non-hydrogen) atoms. The second-order valence-corrected chi connectivity index (χ2v) is 8.59. The normalized spacial score (nSPS) is 10.9. The van der Waals surface area contributed by atoms with Crippen molar-refractivity contribution >= 4 is 16.6 Å². The third-order valence-electron chi connectivity index (χ3n) is 5.85. The molecule has 0 saturated heterocycles. The first kappa shape index (κ1) is 25.2. The molecular formula is C28H37N5O. The summed E-state index contributed by atoms with van der Waals surface area (Å²) in [5, 5.41) is 11.0. The Kier molecular flexibility index (Phi) is 9.05. The van der Waals surface area contributed by atoms with E-state index in [-0.39, 0.29) is 5.56 Å². The highest BCUT2D eigenvalue weighted by Gasteiger charge is 2.11. The number of anilines is 1. The average Bonchev–Trinajstić information content (AvgIpc) is 3.28. The van der Waals surface area contributed by atoms with Crippen LogP contribution in [-0.2, 0) is 6.42 Å². The van der Waals surface area contributed by atoms with E-state index in [1.807, 2.05) is 43.4 Å². The van der Waals surface area contributed by atoms with Gasteiger partial charge in [0, 0.05) is 29.2 Å². The second-order valence-electron chi connectivity index (χ2n) is 8.59. The van der Waals surface area contributed by atoms with E-state index in [1.165, 1.54) is 31.5 Å². The lowest BCUT2D eigenvalue weighted by atomic mass is 10.1. The standard InChI is InChI=1S/C21H20N4O.C7H17N/c1-3-13-7-8-15-11-20(23-18(15)9-13)17-12-19(24-25-21(17)26)14-5-4-6-16(10-14)22-2;1-4-6-8(3)7-5-2/h4-12,22-23H,3H2,1-2H3,(H,25,26);4-7H2,1-3H3. The molecule has 0 spiro atoms. The van der Waals surface area contributed by atoms with Crippen LogP contribution >= 0.6 is 0 Å². The Labute approximate surface area is 202 Å². The Hall–Kier alpha value is -3.38. The summed E-state index contributed by atoms with van der Waals surface area (Å²) in [6.07, 6.45) is 3.53. The summed E-state index contributed by atoms with van der Waals surface area (Å²) in [7, 11) is 4.05. The predicted molar refractivity (Wildman–Crippen MR) is 145 cm³/mol. The lowest BCUT2D eigenvalue weighted by Crippen LogP contribution is -2.19. The first-order valence-corrected chi connectivity index (χ1v) is 12.2. The molecule has 0 amide bonds. The van der Waals surface area contributed by atoms with Gasteiger partial charge in [0.15, 0.2) is 0 Å². The van der Waals surface area contributed by atoms with Crippen LogP contribution in [0.4, 0.5) is 5.69 Å². The molecule has 4 aromatic rings. The molecular weight excluding hydrogens is 422 g/mol. The van der Waals surface area contributed by atoms with Gasteiger partial charge in [-0.2, -0.15) is 5.10 Å². The quantitative estimate of drug-likeness (QED) is 0.305. The fraction of sp³-hybridized carbons (Fsp3) is 0.357. The lowest BCUT2D eigenvalue weighted by Gasteiger charge is -2.12. The van der Waals surface area contributed by atoms with Gasteiger partial charge in [0.05, 0.1) is 17.0 Å². The van der Waals surface area contributed by atoms with Crippen molar-refractivity contribution in [2.75, 3.05) is 32.5 Å². The third kappa shape index (κ3) is 6.35. The van der Waals surface area contributed by atoms with E-state index in [2.05, 4.69) is 71.4 Å². The van der Waals surface area contributed by atoms with Crippen LogP contribution in [-0.4, -0.2) is 47.3 Å². The van der Waals surface area contributed by atoms with Crippen LogP contribution in [0.2, 0.25) is 0 Å². The van der Waals surface area contributed by atoms with E-state index in [0.717, 1.165) is 40.0 Å². The highest BCUT2D eigenvalue weighted by atomic mass is 16.1. The molecule has 2 aromatic carbocycles. The number of benzene rings is 2. The van der Waals surface area contributed by atoms with Crippen LogP contribution in [0.1, 0.15) is 39.2 Å². The topological polar surface area (TPSA) is 76.8 Å². The zero-order chi connectivity index (χ0) is 24.5. The molecule has 180 valence electrons. The van der Waals surface area contributed by atoms with Gasteiger partial charge >= 0.3 is 0 Å². The number of aromatic amines is 2. The minimum Gasteiger partial charge on any atom is -0.388 e. The van der Waals surface area contributed by atoms with Gasteiger partial charge in [0.2, 0.25) is 0 Å². The van der Waals surface area contributed by atoms with Crippen molar-refractivity contribution in [3.63, 3.8) is 0 Å². The molecule has 4 rings (SSSR count). The molecule has 2 heterocycles. The lowest BCUT2D eigenvalue weighted by molar-refractivity contribution is 0.335. The maximum atomic E-state index is 12.4. The SMILES string of the molecule is CCCN(C)CCC.CCc1ccc2cc(-c3cc(-c4cccc(NC)c4)n[nH]c3=O)[nH]c2c1. The number of H-pyrrole nitrogens is 2. The van der Waals surface area contributed by atoms with Crippen LogP contribution in [0.5, 0.6) is 0 Å². The van der Waals surface area contributed by atoms with Gasteiger partial charge in [-0.05, 0) is 75.3 Å². The Morgan fingerprint density at radius 2 is 1.74 bits per heavy atom. The van der Waals surface area contributed by atoms with Crippen molar-refractivity contribution in [1.29, 1.82) is 0 Å². The molecule has 6 nitrogen and oxygen atoms in total. The number of nitrogens with zero attached hydrogens (tertiary/aromatic N) is 2. The van der Waals surface area contributed by atoms with Gasteiger partial charge in [-0.1, -0.05) is 45.0 Å². The maximum absolute atomic E-state index is 12.4. The maximum Gasteiger partial charge on any atom is 0.273 e. The Morgan fingerprint density at radius 1 is 0.971 bits per heavy atom. The van der Waals surface area contributed by atoms with Crippen molar-refractivity contribution in [1.82, 2.24) is 20.1 Å². The molecule has 0 aliphatic heterocycles. The van der Waals surface area contributed by atoms with E-state index in [0.29, 0.717) is 5.56 Å². The first-order chi connectivity index (χ1) is 16.5. The molecule has 0 unspecified atom stereocenters. The van der Waals surface area contributed by atoms with Crippen molar-refractivity contribution in [3.05, 3.63) is 70.5 Å². The molecule has 0 bridgehead atoms. The van der Waals surface area contributed by atoms with Crippen molar-refractivity contribution in [2.24, 2.45) is 0 Å². The summed E-state index contributed by atoms with van der Waals surface area (Å²) in [4.78, 5) is 18.1. The van der Waals surface area contributed by atoms with Crippen LogP contribution in [0, 0.1) is 0 Å². The van der Waals surface area contributed by atoms with Gasteiger partial charge in [0.25, 0.3) is 5.56 Å². The number of rotatable bonds is 8. The van der Waals surface area contributed by atoms with Crippen molar-refractivity contribution in [3.8, 4) is 22.5 Å². The molecule has 0 radical (unpaired) electrons. The minimum atomic E-state index is -0.208. The van der Waals surface area contributed by atoms with E-state index in [1.54, 1.807) is 0 Å². The summed E-state index contributed by atoms with van der Waals surface area (Å²) in [5.41, 5.74) is 6.13. The zero-order valence-corrected chi connectivity index (χ0v) is 21.0. The van der Waals surface area contributed by atoms with Gasteiger partial charge in [0.1, 0.15) is 0 Å². The van der Waals surface area contributed by atoms with Crippen molar-refractivity contribution < 1.29 is 0 Å². The first-order valence-electron chi connectivity index (χ1n) is 12.2. The number of aryl methyl sites for hydroxylation is 1. The highest BCUT2D eigenvalue weighted by molar-refractivity contribution is 5.86. The Bertz CT molecular complexity index is 1250. The number of hydrogen-bond acceptors (Lipinski definition) is 4. The van der Waals surface area contributed by atoms with Crippen molar-refractivity contribution in [2.45, 2.75) is 40.0 Å². The zero-order valence-electron chi connectivity index (χ0n) is 21.0. The summed E-state index contributed by atoms with van der Waals surface area (Å²) < 4.78 is 0. The average molecular weight is 460 g/mol. The van der Waals surface area contributed by atoms with E-state index < -0.39 is 0 Å². The van der Waals surface area contributed by atoms with Gasteiger partial charge in [-0.25, -0.2) is 5.10 Å². The van der Waals surface area contributed by atoms with Crippen LogP contribution in [0.3, 0.4) is 0 Å². The van der Waals surface area contributed by atoms with E-state index in [9.17, 15) is 4.79 Å². The molecule has 6 heteroatoms. The summed E-state index contributed by atoms with van der Waals surface area (Å²) >= 11 is 0. The molecule has 0 fully saturated rings. The minimum absolute atomic E-state index is 0.208. The molecule has 0 saturated carbocycles. The molecule has 0 aliphatic rings. The number of hydrogen-bond donors (Lipinski definition) is 3. The molecule has 3 N–H and O–H groups in total. The monoisotopic (exact) mass is 459 g/mol. The van der Waals surface area contributed by atoms with Gasteiger partial charge in [-0.3, -0.25) is 4.79 Å². The largest absolute Gasteiger partial charge is 0.388 e. The van der Waals surface area contributed by atoms with Gasteiger partial charge < -0.3 is 15.2 Å². The Balaban J connectivity index is 0.000000350. The molecule has 0 atom stereocenters. The number of nitrogens with one attached hydrogen (secondary N) is 3. The summed E-state index contributed by atoms with van der Waals surface area (Å²) in [6, 6.07) is 18.1. The summed E-state index contributed by atoms with van der Waals surface area (Å²) in [5.74, 6) is 0. The van der Waals surface area contributed by atoms with E-state index >= 15 is 0 Å². The fourth-order valence-electron chi connectivity index (χ4n) is 4.00. The second kappa shape index (κ2) is 12.2. The van der Waals surface area contributed by atoms with E-state index in [4.69, 9.17) is 0 Å². The van der Waals surface area contributed by atoms with Crippen LogP contribution in [0.25, 0.3) is 33.4 Å². The van der Waals surface area contributed by atoms with Crippen LogP contribution < -0.4 is 10.9 Å². The van der Waals surface area contributed by atoms with Gasteiger partial charge in [-0.15, -0.1) is 0 Å². The third-order valence-corrected chi connectivity index (χ3v) is 5.85. The summed E-state index contributed by atoms with van der Waals surface area (Å²) in [6.45, 7) is 9.05. The smallest absolute Gasteiger partial charge is 0.273 e.